The summed E-state index contributed by atoms with van der Waals surface area (Å²) in [5.41, 5.74) is 1.94. The Morgan fingerprint density at radius 1 is 1.38 bits per heavy atom. The number of benzene rings is 1. The Labute approximate surface area is 97.5 Å². The normalized spacial score (nSPS) is 10.5. The first-order valence-corrected chi connectivity index (χ1v) is 5.65. The van der Waals surface area contributed by atoms with E-state index in [1.54, 1.807) is 0 Å². The fraction of sp³-hybridized carbons (Fsp3) is 0.462. The number of amides is 1. The molecular formula is C13H20N2O. The lowest BCUT2D eigenvalue weighted by Gasteiger charge is -2.10. The largest absolute Gasteiger partial charge is 0.351 e. The summed E-state index contributed by atoms with van der Waals surface area (Å²) in [6.07, 6.45) is 0.957. The highest BCUT2D eigenvalue weighted by Gasteiger charge is 2.04. The molecule has 1 aromatic carbocycles. The van der Waals surface area contributed by atoms with E-state index in [0.29, 0.717) is 6.54 Å². The number of carbonyl (C=O) groups excluding carboxylic acids is 1. The average molecular weight is 220 g/mol. The van der Waals surface area contributed by atoms with Gasteiger partial charge in [-0.2, -0.15) is 0 Å². The van der Waals surface area contributed by atoms with E-state index < -0.39 is 0 Å². The van der Waals surface area contributed by atoms with Gasteiger partial charge in [-0.05, 0) is 38.2 Å². The minimum atomic E-state index is 0.0113. The molecule has 0 radical (unpaired) electrons. The standard InChI is InChI=1S/C13H20N2O/c1-4-11-6-5-7-12(10-11)13(16)14-8-9-15(2)3/h5-7,10H,4,8-9H2,1-3H3,(H,14,16). The van der Waals surface area contributed by atoms with Crippen molar-refractivity contribution in [1.82, 2.24) is 10.2 Å². The van der Waals surface area contributed by atoms with Crippen LogP contribution in [0.2, 0.25) is 0 Å². The highest BCUT2D eigenvalue weighted by molar-refractivity contribution is 5.94. The maximum Gasteiger partial charge on any atom is 0.251 e. The molecule has 1 N–H and O–H groups in total. The van der Waals surface area contributed by atoms with Gasteiger partial charge in [0.1, 0.15) is 0 Å². The third-order valence-corrected chi connectivity index (χ3v) is 2.44. The molecule has 1 rings (SSSR count). The minimum Gasteiger partial charge on any atom is -0.351 e. The average Bonchev–Trinajstić information content (AvgIpc) is 2.28. The summed E-state index contributed by atoms with van der Waals surface area (Å²) in [5, 5.41) is 2.90. The van der Waals surface area contributed by atoms with Crippen LogP contribution in [0.25, 0.3) is 0 Å². The predicted octanol–water partition coefficient (Wildman–Crippen LogP) is 1.54. The zero-order valence-electron chi connectivity index (χ0n) is 10.3. The van der Waals surface area contributed by atoms with E-state index in [1.165, 1.54) is 5.56 Å². The Morgan fingerprint density at radius 3 is 2.75 bits per heavy atom. The SMILES string of the molecule is CCc1cccc(C(=O)NCCN(C)C)c1. The Kier molecular flexibility index (Phi) is 4.99. The first-order valence-electron chi connectivity index (χ1n) is 5.65. The van der Waals surface area contributed by atoms with E-state index in [0.717, 1.165) is 18.5 Å². The van der Waals surface area contributed by atoms with Crippen molar-refractivity contribution >= 4 is 5.91 Å². The Balaban J connectivity index is 2.52. The second kappa shape index (κ2) is 6.28. The van der Waals surface area contributed by atoms with Gasteiger partial charge in [0, 0.05) is 18.7 Å². The predicted molar refractivity (Wildman–Crippen MR) is 66.7 cm³/mol. The Bertz CT molecular complexity index is 348. The highest BCUT2D eigenvalue weighted by Crippen LogP contribution is 2.05. The molecule has 0 aliphatic carbocycles. The molecule has 16 heavy (non-hydrogen) atoms. The van der Waals surface area contributed by atoms with Gasteiger partial charge in [-0.3, -0.25) is 4.79 Å². The molecule has 0 heterocycles. The number of nitrogens with one attached hydrogen (secondary N) is 1. The van der Waals surface area contributed by atoms with Gasteiger partial charge in [-0.1, -0.05) is 19.1 Å². The van der Waals surface area contributed by atoms with Crippen LogP contribution in [0, 0.1) is 0 Å². The number of nitrogens with zero attached hydrogens (tertiary/aromatic N) is 1. The molecule has 0 aliphatic rings. The number of aryl methyl sites for hydroxylation is 1. The summed E-state index contributed by atoms with van der Waals surface area (Å²) in [5.74, 6) is 0.0113. The first-order chi connectivity index (χ1) is 7.63. The molecule has 0 spiro atoms. The van der Waals surface area contributed by atoms with Crippen LogP contribution in [0.15, 0.2) is 24.3 Å². The number of hydrogen-bond acceptors (Lipinski definition) is 2. The van der Waals surface area contributed by atoms with E-state index in [2.05, 4.69) is 12.2 Å². The van der Waals surface area contributed by atoms with Crippen LogP contribution in [0.1, 0.15) is 22.8 Å². The Morgan fingerprint density at radius 2 is 2.12 bits per heavy atom. The van der Waals surface area contributed by atoms with Crippen molar-refractivity contribution in [2.45, 2.75) is 13.3 Å². The molecule has 0 unspecified atom stereocenters. The van der Waals surface area contributed by atoms with Crippen molar-refractivity contribution in [3.63, 3.8) is 0 Å². The summed E-state index contributed by atoms with van der Waals surface area (Å²) in [4.78, 5) is 13.8. The summed E-state index contributed by atoms with van der Waals surface area (Å²) < 4.78 is 0. The fourth-order valence-electron chi connectivity index (χ4n) is 1.43. The molecule has 88 valence electrons. The van der Waals surface area contributed by atoms with E-state index in [1.807, 2.05) is 43.3 Å². The molecule has 0 saturated carbocycles. The lowest BCUT2D eigenvalue weighted by atomic mass is 10.1. The fourth-order valence-corrected chi connectivity index (χ4v) is 1.43. The van der Waals surface area contributed by atoms with Crippen LogP contribution in [-0.2, 0) is 6.42 Å². The van der Waals surface area contributed by atoms with Gasteiger partial charge in [0.05, 0.1) is 0 Å². The van der Waals surface area contributed by atoms with Crippen molar-refractivity contribution in [2.75, 3.05) is 27.2 Å². The lowest BCUT2D eigenvalue weighted by Crippen LogP contribution is -2.31. The molecule has 3 heteroatoms. The first kappa shape index (κ1) is 12.7. The number of carbonyl (C=O) groups is 1. The zero-order valence-corrected chi connectivity index (χ0v) is 10.3. The summed E-state index contributed by atoms with van der Waals surface area (Å²) >= 11 is 0. The van der Waals surface area contributed by atoms with Crippen molar-refractivity contribution in [3.05, 3.63) is 35.4 Å². The number of hydrogen-bond donors (Lipinski definition) is 1. The monoisotopic (exact) mass is 220 g/mol. The van der Waals surface area contributed by atoms with Crippen LogP contribution in [0.5, 0.6) is 0 Å². The van der Waals surface area contributed by atoms with E-state index in [9.17, 15) is 4.79 Å². The quantitative estimate of drug-likeness (QED) is 0.816. The van der Waals surface area contributed by atoms with Crippen molar-refractivity contribution in [1.29, 1.82) is 0 Å². The Hall–Kier alpha value is -1.35. The second-order valence-corrected chi connectivity index (χ2v) is 4.11. The summed E-state index contributed by atoms with van der Waals surface area (Å²) in [6.45, 7) is 3.63. The number of rotatable bonds is 5. The molecule has 0 aliphatic heterocycles. The van der Waals surface area contributed by atoms with Crippen LogP contribution in [0.3, 0.4) is 0 Å². The molecule has 1 aromatic rings. The molecule has 1 amide bonds. The molecule has 0 fully saturated rings. The second-order valence-electron chi connectivity index (χ2n) is 4.11. The molecule has 0 aromatic heterocycles. The molecule has 0 saturated heterocycles. The number of likely N-dealkylation sites (N-methyl/N-ethyl adjacent to an activating group) is 1. The summed E-state index contributed by atoms with van der Waals surface area (Å²) in [6, 6.07) is 7.77. The van der Waals surface area contributed by atoms with Gasteiger partial charge >= 0.3 is 0 Å². The molecule has 0 atom stereocenters. The van der Waals surface area contributed by atoms with Crippen LogP contribution < -0.4 is 5.32 Å². The molecule has 0 bridgehead atoms. The van der Waals surface area contributed by atoms with E-state index >= 15 is 0 Å². The van der Waals surface area contributed by atoms with Crippen LogP contribution >= 0.6 is 0 Å². The van der Waals surface area contributed by atoms with Gasteiger partial charge in [-0.15, -0.1) is 0 Å². The molecular weight excluding hydrogens is 200 g/mol. The summed E-state index contributed by atoms with van der Waals surface area (Å²) in [7, 11) is 3.98. The van der Waals surface area contributed by atoms with Gasteiger partial charge in [-0.25, -0.2) is 0 Å². The van der Waals surface area contributed by atoms with Gasteiger partial charge < -0.3 is 10.2 Å². The van der Waals surface area contributed by atoms with Gasteiger partial charge in [0.15, 0.2) is 0 Å². The van der Waals surface area contributed by atoms with Crippen molar-refractivity contribution in [2.24, 2.45) is 0 Å². The maximum atomic E-state index is 11.8. The van der Waals surface area contributed by atoms with Crippen molar-refractivity contribution in [3.8, 4) is 0 Å². The highest BCUT2D eigenvalue weighted by atomic mass is 16.1. The third kappa shape index (κ3) is 4.03. The van der Waals surface area contributed by atoms with E-state index in [-0.39, 0.29) is 5.91 Å². The minimum absolute atomic E-state index is 0.0113. The molecule has 3 nitrogen and oxygen atoms in total. The van der Waals surface area contributed by atoms with E-state index in [4.69, 9.17) is 0 Å². The van der Waals surface area contributed by atoms with Crippen LogP contribution in [0.4, 0.5) is 0 Å². The zero-order chi connectivity index (χ0) is 12.0. The lowest BCUT2D eigenvalue weighted by molar-refractivity contribution is 0.0951. The third-order valence-electron chi connectivity index (χ3n) is 2.44. The van der Waals surface area contributed by atoms with Gasteiger partial charge in [0.25, 0.3) is 5.91 Å². The van der Waals surface area contributed by atoms with Gasteiger partial charge in [0.2, 0.25) is 0 Å². The smallest absolute Gasteiger partial charge is 0.251 e. The topological polar surface area (TPSA) is 32.3 Å². The maximum absolute atomic E-state index is 11.8. The van der Waals surface area contributed by atoms with Crippen molar-refractivity contribution < 1.29 is 4.79 Å². The van der Waals surface area contributed by atoms with Crippen LogP contribution in [-0.4, -0.2) is 38.0 Å².